The third-order valence-corrected chi connectivity index (χ3v) is 4.80. The highest BCUT2D eigenvalue weighted by molar-refractivity contribution is 5.76. The average Bonchev–Trinajstić information content (AvgIpc) is 2.60. The van der Waals surface area contributed by atoms with Gasteiger partial charge < -0.3 is 10.1 Å². The molecule has 2 aromatic carbocycles. The van der Waals surface area contributed by atoms with E-state index in [0.29, 0.717) is 6.42 Å². The highest BCUT2D eigenvalue weighted by atomic mass is 16.5. The number of fused-ring (bicyclic) bond motifs is 1. The molecule has 1 aliphatic carbocycles. The second-order valence-electron chi connectivity index (χ2n) is 6.52. The third-order valence-electron chi connectivity index (χ3n) is 4.80. The number of hydrogen-bond donors (Lipinski definition) is 1. The van der Waals surface area contributed by atoms with Gasteiger partial charge in [-0.3, -0.25) is 4.79 Å². The molecule has 0 aromatic heterocycles. The number of nitrogens with one attached hydrogen (secondary N) is 1. The van der Waals surface area contributed by atoms with Gasteiger partial charge in [0.05, 0.1) is 13.2 Å². The summed E-state index contributed by atoms with van der Waals surface area (Å²) in [7, 11) is 1.68. The molecule has 0 aliphatic heterocycles. The first-order chi connectivity index (χ1) is 11.7. The van der Waals surface area contributed by atoms with Gasteiger partial charge in [0.25, 0.3) is 0 Å². The van der Waals surface area contributed by atoms with E-state index < -0.39 is 0 Å². The van der Waals surface area contributed by atoms with Gasteiger partial charge in [0.2, 0.25) is 5.91 Å². The van der Waals surface area contributed by atoms with Gasteiger partial charge in [-0.15, -0.1) is 0 Å². The summed E-state index contributed by atoms with van der Waals surface area (Å²) in [6.45, 7) is 2.03. The van der Waals surface area contributed by atoms with Crippen molar-refractivity contribution in [1.29, 1.82) is 0 Å². The molecule has 0 radical (unpaired) electrons. The van der Waals surface area contributed by atoms with Gasteiger partial charge in [-0.25, -0.2) is 0 Å². The normalized spacial score (nSPS) is 16.3. The quantitative estimate of drug-likeness (QED) is 0.898. The lowest BCUT2D eigenvalue weighted by molar-refractivity contribution is -0.121. The first kappa shape index (κ1) is 16.6. The van der Waals surface area contributed by atoms with Crippen molar-refractivity contribution in [1.82, 2.24) is 5.32 Å². The zero-order valence-corrected chi connectivity index (χ0v) is 14.5. The fourth-order valence-electron chi connectivity index (χ4n) is 3.52. The molecule has 0 spiro atoms. The van der Waals surface area contributed by atoms with E-state index >= 15 is 0 Å². The number of hydrogen-bond acceptors (Lipinski definition) is 2. The van der Waals surface area contributed by atoms with E-state index in [-0.39, 0.29) is 11.9 Å². The highest BCUT2D eigenvalue weighted by Gasteiger charge is 2.21. The van der Waals surface area contributed by atoms with Gasteiger partial charge in [0, 0.05) is 6.42 Å². The Morgan fingerprint density at radius 1 is 1.25 bits per heavy atom. The maximum Gasteiger partial charge on any atom is 0.220 e. The second-order valence-corrected chi connectivity index (χ2v) is 6.52. The SMILES string of the molecule is COc1ccc(CCC(=O)N[C@H]2CCCc3ccccc32)cc1C. The van der Waals surface area contributed by atoms with E-state index in [0.717, 1.165) is 37.0 Å². The minimum absolute atomic E-state index is 0.130. The van der Waals surface area contributed by atoms with Crippen molar-refractivity contribution < 1.29 is 9.53 Å². The van der Waals surface area contributed by atoms with Crippen molar-refractivity contribution in [3.8, 4) is 5.75 Å². The van der Waals surface area contributed by atoms with Crippen molar-refractivity contribution in [2.24, 2.45) is 0 Å². The van der Waals surface area contributed by atoms with E-state index in [1.807, 2.05) is 19.1 Å². The fourth-order valence-corrected chi connectivity index (χ4v) is 3.52. The van der Waals surface area contributed by atoms with Gasteiger partial charge >= 0.3 is 0 Å². The molecule has 1 amide bonds. The Kier molecular flexibility index (Phi) is 5.19. The van der Waals surface area contributed by atoms with Crippen LogP contribution in [0.25, 0.3) is 0 Å². The molecular formula is C21H25NO2. The van der Waals surface area contributed by atoms with Crippen LogP contribution in [0.5, 0.6) is 5.75 Å². The van der Waals surface area contributed by atoms with Gasteiger partial charge in [-0.05, 0) is 60.9 Å². The van der Waals surface area contributed by atoms with Gasteiger partial charge in [0.1, 0.15) is 5.75 Å². The summed E-state index contributed by atoms with van der Waals surface area (Å²) >= 11 is 0. The molecule has 1 aliphatic rings. The average molecular weight is 323 g/mol. The van der Waals surface area contributed by atoms with Crippen molar-refractivity contribution in [3.63, 3.8) is 0 Å². The van der Waals surface area contributed by atoms with Crippen LogP contribution < -0.4 is 10.1 Å². The van der Waals surface area contributed by atoms with Crippen molar-refractivity contribution in [3.05, 3.63) is 64.7 Å². The van der Waals surface area contributed by atoms with Crippen LogP contribution in [-0.2, 0) is 17.6 Å². The molecule has 0 unspecified atom stereocenters. The molecule has 0 saturated heterocycles. The Morgan fingerprint density at radius 2 is 2.08 bits per heavy atom. The molecule has 0 bridgehead atoms. The number of methoxy groups -OCH3 is 1. The first-order valence-corrected chi connectivity index (χ1v) is 8.68. The number of aryl methyl sites for hydroxylation is 3. The van der Waals surface area contributed by atoms with Crippen molar-refractivity contribution in [2.45, 2.75) is 45.1 Å². The van der Waals surface area contributed by atoms with E-state index in [9.17, 15) is 4.79 Å². The minimum Gasteiger partial charge on any atom is -0.496 e. The number of rotatable bonds is 5. The van der Waals surface area contributed by atoms with Gasteiger partial charge in [-0.2, -0.15) is 0 Å². The molecule has 126 valence electrons. The molecule has 3 rings (SSSR count). The first-order valence-electron chi connectivity index (χ1n) is 8.68. The van der Waals surface area contributed by atoms with Crippen LogP contribution in [0.2, 0.25) is 0 Å². The van der Waals surface area contributed by atoms with Crippen LogP contribution in [0.4, 0.5) is 0 Å². The predicted molar refractivity (Wildman–Crippen MR) is 96.3 cm³/mol. The zero-order chi connectivity index (χ0) is 16.9. The lowest BCUT2D eigenvalue weighted by atomic mass is 9.87. The molecule has 1 atom stereocenters. The minimum atomic E-state index is 0.130. The topological polar surface area (TPSA) is 38.3 Å². The molecular weight excluding hydrogens is 298 g/mol. The lowest BCUT2D eigenvalue weighted by Crippen LogP contribution is -2.31. The third kappa shape index (κ3) is 3.78. The summed E-state index contributed by atoms with van der Waals surface area (Å²) in [5.41, 5.74) is 4.95. The summed E-state index contributed by atoms with van der Waals surface area (Å²) in [6.07, 6.45) is 4.56. The van der Waals surface area contributed by atoms with Crippen molar-refractivity contribution in [2.75, 3.05) is 7.11 Å². The maximum atomic E-state index is 12.4. The number of ether oxygens (including phenoxy) is 1. The fraction of sp³-hybridized carbons (Fsp3) is 0.381. The number of amides is 1. The number of carbonyl (C=O) groups excluding carboxylic acids is 1. The Morgan fingerprint density at radius 3 is 2.88 bits per heavy atom. The number of benzene rings is 2. The van der Waals surface area contributed by atoms with E-state index in [4.69, 9.17) is 4.74 Å². The molecule has 2 aromatic rings. The Bertz CT molecular complexity index is 724. The standard InChI is InChI=1S/C21H25NO2/c1-15-14-16(10-12-20(15)24-2)11-13-21(23)22-19-9-5-7-17-6-3-4-8-18(17)19/h3-4,6,8,10,12,14,19H,5,7,9,11,13H2,1-2H3,(H,22,23)/t19-/m0/s1. The van der Waals surface area contributed by atoms with Crippen LogP contribution in [0, 0.1) is 6.92 Å². The van der Waals surface area contributed by atoms with Gasteiger partial charge in [0.15, 0.2) is 0 Å². The Labute approximate surface area is 144 Å². The van der Waals surface area contributed by atoms with Crippen molar-refractivity contribution >= 4 is 5.91 Å². The summed E-state index contributed by atoms with van der Waals surface area (Å²) in [5, 5.41) is 3.22. The molecule has 0 fully saturated rings. The molecule has 0 saturated carbocycles. The van der Waals surface area contributed by atoms with Crippen LogP contribution in [-0.4, -0.2) is 13.0 Å². The van der Waals surface area contributed by atoms with Crippen LogP contribution in [0.15, 0.2) is 42.5 Å². The molecule has 3 nitrogen and oxygen atoms in total. The molecule has 1 N–H and O–H groups in total. The van der Waals surface area contributed by atoms with Crippen LogP contribution in [0.1, 0.15) is 47.6 Å². The molecule has 3 heteroatoms. The van der Waals surface area contributed by atoms with Crippen LogP contribution in [0.3, 0.4) is 0 Å². The monoisotopic (exact) mass is 323 g/mol. The largest absolute Gasteiger partial charge is 0.496 e. The Hall–Kier alpha value is -2.29. The smallest absolute Gasteiger partial charge is 0.220 e. The van der Waals surface area contributed by atoms with E-state index in [2.05, 4.69) is 35.6 Å². The van der Waals surface area contributed by atoms with Gasteiger partial charge in [-0.1, -0.05) is 36.4 Å². The Balaban J connectivity index is 1.58. The summed E-state index contributed by atoms with van der Waals surface area (Å²) in [5.74, 6) is 1.02. The molecule has 0 heterocycles. The summed E-state index contributed by atoms with van der Waals surface area (Å²) < 4.78 is 5.28. The lowest BCUT2D eigenvalue weighted by Gasteiger charge is -2.26. The molecule has 24 heavy (non-hydrogen) atoms. The second kappa shape index (κ2) is 7.52. The number of carbonyl (C=O) groups is 1. The van der Waals surface area contributed by atoms with Crippen LogP contribution >= 0.6 is 0 Å². The summed E-state index contributed by atoms with van der Waals surface area (Å²) in [6, 6.07) is 14.7. The van der Waals surface area contributed by atoms with E-state index in [1.54, 1.807) is 7.11 Å². The highest BCUT2D eigenvalue weighted by Crippen LogP contribution is 2.29. The maximum absolute atomic E-state index is 12.4. The van der Waals surface area contributed by atoms with E-state index in [1.165, 1.54) is 16.7 Å². The summed E-state index contributed by atoms with van der Waals surface area (Å²) in [4.78, 5) is 12.4. The zero-order valence-electron chi connectivity index (χ0n) is 14.5. The predicted octanol–water partition coefficient (Wildman–Crippen LogP) is 4.13.